The van der Waals surface area contributed by atoms with Gasteiger partial charge in [-0.25, -0.2) is 0 Å². The number of thiophene rings is 1. The highest BCUT2D eigenvalue weighted by Crippen LogP contribution is 2.27. The van der Waals surface area contributed by atoms with E-state index >= 15 is 0 Å². The molecule has 0 bridgehead atoms. The Bertz CT molecular complexity index is 302. The molecule has 0 radical (unpaired) electrons. The maximum absolute atomic E-state index is 3.83. The number of allylic oxidation sites excluding steroid dienone is 1. The first kappa shape index (κ1) is 11.8. The lowest BCUT2D eigenvalue weighted by Gasteiger charge is -2.34. The van der Waals surface area contributed by atoms with E-state index in [9.17, 15) is 0 Å². The summed E-state index contributed by atoms with van der Waals surface area (Å²) in [7, 11) is 0. The van der Waals surface area contributed by atoms with Crippen molar-refractivity contribution in [2.24, 2.45) is 0 Å². The van der Waals surface area contributed by atoms with Gasteiger partial charge in [-0.05, 0) is 35.2 Å². The molecule has 2 nitrogen and oxygen atoms in total. The quantitative estimate of drug-likeness (QED) is 0.791. The summed E-state index contributed by atoms with van der Waals surface area (Å²) >= 11 is 1.80. The van der Waals surface area contributed by atoms with Crippen LogP contribution in [0.4, 0.5) is 0 Å². The average molecular weight is 236 g/mol. The normalized spacial score (nSPS) is 19.5. The van der Waals surface area contributed by atoms with Gasteiger partial charge < -0.3 is 5.32 Å². The van der Waals surface area contributed by atoms with Gasteiger partial charge in [-0.2, -0.15) is 11.3 Å². The Labute approximate surface area is 102 Å². The summed E-state index contributed by atoms with van der Waals surface area (Å²) < 4.78 is 0. The zero-order valence-corrected chi connectivity index (χ0v) is 10.5. The molecule has 1 aromatic rings. The van der Waals surface area contributed by atoms with Gasteiger partial charge in [-0.1, -0.05) is 6.08 Å². The van der Waals surface area contributed by atoms with E-state index in [0.717, 1.165) is 32.6 Å². The predicted molar refractivity (Wildman–Crippen MR) is 70.9 cm³/mol. The van der Waals surface area contributed by atoms with Crippen LogP contribution in [0.3, 0.4) is 0 Å². The van der Waals surface area contributed by atoms with Crippen molar-refractivity contribution < 1.29 is 0 Å². The second-order valence-corrected chi connectivity index (χ2v) is 5.00. The van der Waals surface area contributed by atoms with Crippen LogP contribution < -0.4 is 5.32 Å². The summed E-state index contributed by atoms with van der Waals surface area (Å²) in [6.07, 6.45) is 4.33. The summed E-state index contributed by atoms with van der Waals surface area (Å²) in [6.45, 7) is 8.40. The maximum atomic E-state index is 3.83. The molecule has 1 saturated heterocycles. The van der Waals surface area contributed by atoms with Crippen LogP contribution in [-0.4, -0.2) is 31.1 Å². The van der Waals surface area contributed by atoms with E-state index in [2.05, 4.69) is 33.6 Å². The van der Waals surface area contributed by atoms with Crippen molar-refractivity contribution in [3.8, 4) is 0 Å². The Hall–Kier alpha value is -0.640. The van der Waals surface area contributed by atoms with Crippen LogP contribution in [0.25, 0.3) is 0 Å². The SMILES string of the molecule is C=CCC[C@@H](c1ccsc1)N1CCNCC1. The number of nitrogens with one attached hydrogen (secondary N) is 1. The third-order valence-electron chi connectivity index (χ3n) is 3.16. The number of rotatable bonds is 5. The first-order valence-electron chi connectivity index (χ1n) is 5.99. The van der Waals surface area contributed by atoms with E-state index in [1.165, 1.54) is 12.0 Å². The van der Waals surface area contributed by atoms with Crippen molar-refractivity contribution in [1.82, 2.24) is 10.2 Å². The van der Waals surface area contributed by atoms with Gasteiger partial charge in [-0.15, -0.1) is 6.58 Å². The van der Waals surface area contributed by atoms with Crippen LogP contribution in [0.15, 0.2) is 29.5 Å². The molecule has 1 aliphatic rings. The van der Waals surface area contributed by atoms with Gasteiger partial charge in [-0.3, -0.25) is 4.90 Å². The minimum atomic E-state index is 0.589. The molecule has 2 heterocycles. The standard InChI is InChI=1S/C13H20N2S/c1-2-3-4-13(12-5-10-16-11-12)15-8-6-14-7-9-15/h2,5,10-11,13-14H,1,3-4,6-9H2/t13-/m0/s1. The molecular formula is C13H20N2S. The lowest BCUT2D eigenvalue weighted by atomic mass is 10.0. The molecule has 16 heavy (non-hydrogen) atoms. The number of piperazine rings is 1. The van der Waals surface area contributed by atoms with Gasteiger partial charge in [0.1, 0.15) is 0 Å². The molecule has 0 aromatic carbocycles. The van der Waals surface area contributed by atoms with E-state index in [4.69, 9.17) is 0 Å². The van der Waals surface area contributed by atoms with Crippen LogP contribution in [0.5, 0.6) is 0 Å². The van der Waals surface area contributed by atoms with Gasteiger partial charge in [0.25, 0.3) is 0 Å². The maximum Gasteiger partial charge on any atom is 0.0360 e. The van der Waals surface area contributed by atoms with Gasteiger partial charge in [0, 0.05) is 32.2 Å². The van der Waals surface area contributed by atoms with Crippen LogP contribution >= 0.6 is 11.3 Å². The minimum Gasteiger partial charge on any atom is -0.314 e. The molecule has 0 spiro atoms. The van der Waals surface area contributed by atoms with Crippen LogP contribution in [-0.2, 0) is 0 Å². The van der Waals surface area contributed by atoms with Crippen molar-refractivity contribution in [1.29, 1.82) is 0 Å². The van der Waals surface area contributed by atoms with Crippen molar-refractivity contribution in [3.63, 3.8) is 0 Å². The van der Waals surface area contributed by atoms with Gasteiger partial charge in [0.15, 0.2) is 0 Å². The molecule has 1 aliphatic heterocycles. The second-order valence-electron chi connectivity index (χ2n) is 4.22. The van der Waals surface area contributed by atoms with E-state index < -0.39 is 0 Å². The average Bonchev–Trinajstić information content (AvgIpc) is 2.85. The Morgan fingerprint density at radius 1 is 1.50 bits per heavy atom. The largest absolute Gasteiger partial charge is 0.314 e. The molecule has 1 fully saturated rings. The molecule has 1 atom stereocenters. The first-order valence-corrected chi connectivity index (χ1v) is 6.94. The van der Waals surface area contributed by atoms with Crippen LogP contribution in [0.2, 0.25) is 0 Å². The van der Waals surface area contributed by atoms with Crippen molar-refractivity contribution in [2.75, 3.05) is 26.2 Å². The Kier molecular flexibility index (Phi) is 4.57. The molecule has 1 N–H and O–H groups in total. The zero-order valence-electron chi connectivity index (χ0n) is 9.69. The monoisotopic (exact) mass is 236 g/mol. The molecule has 0 amide bonds. The lowest BCUT2D eigenvalue weighted by Crippen LogP contribution is -2.45. The summed E-state index contributed by atoms with van der Waals surface area (Å²) in [5.74, 6) is 0. The van der Waals surface area contributed by atoms with E-state index in [1.54, 1.807) is 11.3 Å². The van der Waals surface area contributed by atoms with Gasteiger partial charge in [0.2, 0.25) is 0 Å². The van der Waals surface area contributed by atoms with Gasteiger partial charge >= 0.3 is 0 Å². The molecule has 0 aliphatic carbocycles. The van der Waals surface area contributed by atoms with Gasteiger partial charge in [0.05, 0.1) is 0 Å². The third kappa shape index (κ3) is 2.94. The van der Waals surface area contributed by atoms with Crippen LogP contribution in [0, 0.1) is 0 Å². The molecule has 0 unspecified atom stereocenters. The molecule has 3 heteroatoms. The van der Waals surface area contributed by atoms with E-state index in [1.807, 2.05) is 6.08 Å². The highest BCUT2D eigenvalue weighted by molar-refractivity contribution is 7.07. The summed E-state index contributed by atoms with van der Waals surface area (Å²) in [5, 5.41) is 7.88. The second kappa shape index (κ2) is 6.18. The molecule has 1 aromatic heterocycles. The highest BCUT2D eigenvalue weighted by atomic mass is 32.1. The summed E-state index contributed by atoms with van der Waals surface area (Å²) in [6, 6.07) is 2.85. The summed E-state index contributed by atoms with van der Waals surface area (Å²) in [4.78, 5) is 2.60. The Balaban J connectivity index is 2.03. The molecule has 2 rings (SSSR count). The first-order chi connectivity index (χ1) is 7.92. The third-order valence-corrected chi connectivity index (χ3v) is 3.87. The Morgan fingerprint density at radius 3 is 2.94 bits per heavy atom. The molecule has 0 saturated carbocycles. The Morgan fingerprint density at radius 2 is 2.31 bits per heavy atom. The minimum absolute atomic E-state index is 0.589. The van der Waals surface area contributed by atoms with E-state index in [-0.39, 0.29) is 0 Å². The molecular weight excluding hydrogens is 216 g/mol. The summed E-state index contributed by atoms with van der Waals surface area (Å²) in [5.41, 5.74) is 1.48. The topological polar surface area (TPSA) is 15.3 Å². The number of hydrogen-bond donors (Lipinski definition) is 1. The fraction of sp³-hybridized carbons (Fsp3) is 0.538. The predicted octanol–water partition coefficient (Wildman–Crippen LogP) is 2.66. The van der Waals surface area contributed by atoms with Crippen molar-refractivity contribution in [3.05, 3.63) is 35.0 Å². The van der Waals surface area contributed by atoms with Crippen molar-refractivity contribution in [2.45, 2.75) is 18.9 Å². The van der Waals surface area contributed by atoms with Crippen LogP contribution in [0.1, 0.15) is 24.4 Å². The fourth-order valence-corrected chi connectivity index (χ4v) is 3.00. The fourth-order valence-electron chi connectivity index (χ4n) is 2.29. The van der Waals surface area contributed by atoms with Crippen molar-refractivity contribution >= 4 is 11.3 Å². The zero-order chi connectivity index (χ0) is 11.2. The smallest absolute Gasteiger partial charge is 0.0360 e. The number of hydrogen-bond acceptors (Lipinski definition) is 3. The highest BCUT2D eigenvalue weighted by Gasteiger charge is 2.21. The van der Waals surface area contributed by atoms with E-state index in [0.29, 0.717) is 6.04 Å². The lowest BCUT2D eigenvalue weighted by molar-refractivity contribution is 0.166. The molecule has 88 valence electrons. The number of nitrogens with zero attached hydrogens (tertiary/aromatic N) is 1.